The van der Waals surface area contributed by atoms with E-state index in [0.29, 0.717) is 0 Å². The summed E-state index contributed by atoms with van der Waals surface area (Å²) in [5.41, 5.74) is 2.27. The lowest BCUT2D eigenvalue weighted by atomic mass is 10.6. The van der Waals surface area contributed by atoms with Gasteiger partial charge in [-0.1, -0.05) is 24.9 Å². The first-order chi connectivity index (χ1) is 4.62. The third-order valence-electron chi connectivity index (χ3n) is 1.52. The van der Waals surface area contributed by atoms with Gasteiger partial charge in [-0.2, -0.15) is 0 Å². The molecule has 0 aromatic heterocycles. The fraction of sp³-hybridized carbons (Fsp3) is 0.625. The van der Waals surface area contributed by atoms with Crippen LogP contribution < -0.4 is 0 Å². The Balaban J connectivity index is 3.73. The van der Waals surface area contributed by atoms with Gasteiger partial charge in [-0.05, 0) is 13.0 Å². The second-order valence-corrected chi connectivity index (χ2v) is 8.00. The average molecular weight is 156 g/mol. The first-order valence-electron chi connectivity index (χ1n) is 3.70. The predicted octanol–water partition coefficient (Wildman–Crippen LogP) is 2.40. The van der Waals surface area contributed by atoms with Crippen LogP contribution in [0.4, 0.5) is 0 Å². The summed E-state index contributed by atoms with van der Waals surface area (Å²) in [6.45, 7) is 6.59. The predicted molar refractivity (Wildman–Crippen MR) is 47.8 cm³/mol. The molecule has 0 amide bonds. The largest absolute Gasteiger partial charge is 0.303 e. The summed E-state index contributed by atoms with van der Waals surface area (Å²) >= 11 is 0. The lowest BCUT2D eigenvalue weighted by Crippen LogP contribution is -2.21. The number of hydrogen-bond donors (Lipinski definition) is 0. The van der Waals surface area contributed by atoms with E-state index in [1.54, 1.807) is 0 Å². The fourth-order valence-electron chi connectivity index (χ4n) is 0.965. The standard InChI is InChI=1S/C8H16OSi/c1-4-7-10(2,3)8-5-6-9/h4,6-7H,5,8H2,1-3H3/b7-4+. The molecule has 0 saturated heterocycles. The zero-order chi connectivity index (χ0) is 8.04. The summed E-state index contributed by atoms with van der Waals surface area (Å²) in [7, 11) is -1.14. The Morgan fingerprint density at radius 3 is 2.40 bits per heavy atom. The first-order valence-corrected chi connectivity index (χ1v) is 6.98. The van der Waals surface area contributed by atoms with Crippen LogP contribution in [0.2, 0.25) is 19.1 Å². The van der Waals surface area contributed by atoms with E-state index in [1.165, 1.54) is 0 Å². The van der Waals surface area contributed by atoms with E-state index in [-0.39, 0.29) is 0 Å². The van der Waals surface area contributed by atoms with Crippen molar-refractivity contribution in [1.29, 1.82) is 0 Å². The van der Waals surface area contributed by atoms with E-state index in [1.807, 2.05) is 6.92 Å². The molecular weight excluding hydrogens is 140 g/mol. The van der Waals surface area contributed by atoms with Crippen molar-refractivity contribution in [3.63, 3.8) is 0 Å². The van der Waals surface area contributed by atoms with Crippen LogP contribution in [0.25, 0.3) is 0 Å². The smallest absolute Gasteiger partial charge is 0.119 e. The van der Waals surface area contributed by atoms with Gasteiger partial charge in [0, 0.05) is 6.42 Å². The molecule has 0 saturated carbocycles. The molecule has 0 aliphatic carbocycles. The van der Waals surface area contributed by atoms with Crippen molar-refractivity contribution in [2.24, 2.45) is 0 Å². The summed E-state index contributed by atoms with van der Waals surface area (Å²) in [5.74, 6) is 0. The molecule has 0 atom stereocenters. The lowest BCUT2D eigenvalue weighted by Gasteiger charge is -2.14. The first kappa shape index (κ1) is 9.63. The van der Waals surface area contributed by atoms with E-state index in [2.05, 4.69) is 24.9 Å². The highest BCUT2D eigenvalue weighted by atomic mass is 28.3. The van der Waals surface area contributed by atoms with Gasteiger partial charge < -0.3 is 4.79 Å². The second-order valence-electron chi connectivity index (χ2n) is 3.19. The Bertz CT molecular complexity index is 127. The van der Waals surface area contributed by atoms with Crippen LogP contribution in [0.15, 0.2) is 11.8 Å². The van der Waals surface area contributed by atoms with Crippen LogP contribution in [0.5, 0.6) is 0 Å². The third-order valence-corrected chi connectivity index (χ3v) is 4.34. The molecule has 0 radical (unpaired) electrons. The van der Waals surface area contributed by atoms with Crippen molar-refractivity contribution in [1.82, 2.24) is 0 Å². The number of aldehydes is 1. The minimum atomic E-state index is -1.14. The molecule has 0 fully saturated rings. The van der Waals surface area contributed by atoms with Gasteiger partial charge in [-0.25, -0.2) is 0 Å². The van der Waals surface area contributed by atoms with Gasteiger partial charge in [0.2, 0.25) is 0 Å². The Hall–Kier alpha value is -0.373. The van der Waals surface area contributed by atoms with E-state index < -0.39 is 8.07 Å². The van der Waals surface area contributed by atoms with Crippen LogP contribution in [-0.2, 0) is 4.79 Å². The van der Waals surface area contributed by atoms with Crippen LogP contribution in [0.3, 0.4) is 0 Å². The average Bonchev–Trinajstić information content (AvgIpc) is 1.84. The van der Waals surface area contributed by atoms with Crippen molar-refractivity contribution in [3.8, 4) is 0 Å². The topological polar surface area (TPSA) is 17.1 Å². The molecule has 0 heterocycles. The Morgan fingerprint density at radius 1 is 1.40 bits per heavy atom. The van der Waals surface area contributed by atoms with Gasteiger partial charge in [0.15, 0.2) is 0 Å². The number of hydrogen-bond acceptors (Lipinski definition) is 1. The number of rotatable bonds is 4. The highest BCUT2D eigenvalue weighted by Gasteiger charge is 2.14. The lowest BCUT2D eigenvalue weighted by molar-refractivity contribution is -0.107. The van der Waals surface area contributed by atoms with Gasteiger partial charge in [0.25, 0.3) is 0 Å². The molecule has 0 aliphatic rings. The maximum Gasteiger partial charge on any atom is 0.119 e. The van der Waals surface area contributed by atoms with Gasteiger partial charge >= 0.3 is 0 Å². The van der Waals surface area contributed by atoms with Gasteiger partial charge in [-0.15, -0.1) is 0 Å². The molecule has 0 spiro atoms. The Morgan fingerprint density at radius 2 is 2.00 bits per heavy atom. The molecule has 58 valence electrons. The molecule has 0 rings (SSSR count). The van der Waals surface area contributed by atoms with E-state index in [9.17, 15) is 4.79 Å². The van der Waals surface area contributed by atoms with Crippen LogP contribution in [-0.4, -0.2) is 14.4 Å². The van der Waals surface area contributed by atoms with Gasteiger partial charge in [0.1, 0.15) is 6.29 Å². The summed E-state index contributed by atoms with van der Waals surface area (Å²) in [4.78, 5) is 10.1. The molecule has 0 aromatic rings. The zero-order valence-corrected chi connectivity index (χ0v) is 8.05. The zero-order valence-electron chi connectivity index (χ0n) is 7.05. The molecule has 0 unspecified atom stereocenters. The van der Waals surface area contributed by atoms with E-state index in [0.717, 1.165) is 18.8 Å². The molecule has 0 N–H and O–H groups in total. The highest BCUT2D eigenvalue weighted by molar-refractivity contribution is 6.82. The highest BCUT2D eigenvalue weighted by Crippen LogP contribution is 2.11. The van der Waals surface area contributed by atoms with Gasteiger partial charge in [-0.3, -0.25) is 0 Å². The van der Waals surface area contributed by atoms with Crippen molar-refractivity contribution >= 4 is 14.4 Å². The normalized spacial score (nSPS) is 12.3. The molecular formula is C8H16OSi. The second kappa shape index (κ2) is 4.44. The minimum absolute atomic E-state index is 0.726. The quantitative estimate of drug-likeness (QED) is 0.451. The maximum absolute atomic E-state index is 10.1. The molecule has 0 aliphatic heterocycles. The number of carbonyl (C=O) groups is 1. The SMILES string of the molecule is C/C=C/[Si](C)(C)CCC=O. The summed E-state index contributed by atoms with van der Waals surface area (Å²) in [6.07, 6.45) is 3.83. The van der Waals surface area contributed by atoms with Crippen molar-refractivity contribution in [2.75, 3.05) is 0 Å². The maximum atomic E-state index is 10.1. The van der Waals surface area contributed by atoms with E-state index in [4.69, 9.17) is 0 Å². The molecule has 2 heteroatoms. The van der Waals surface area contributed by atoms with Crippen LogP contribution in [0.1, 0.15) is 13.3 Å². The molecule has 1 nitrogen and oxygen atoms in total. The van der Waals surface area contributed by atoms with Crippen LogP contribution in [0, 0.1) is 0 Å². The minimum Gasteiger partial charge on any atom is -0.303 e. The molecule has 0 aromatic carbocycles. The third kappa shape index (κ3) is 4.50. The summed E-state index contributed by atoms with van der Waals surface area (Å²) < 4.78 is 0. The monoisotopic (exact) mass is 156 g/mol. The van der Waals surface area contributed by atoms with Crippen molar-refractivity contribution in [2.45, 2.75) is 32.5 Å². The Kier molecular flexibility index (Phi) is 4.28. The number of carbonyl (C=O) groups excluding carboxylic acids is 1. The summed E-state index contributed by atoms with van der Waals surface area (Å²) in [6, 6.07) is 1.08. The Labute approximate surface area is 64.1 Å². The molecule has 10 heavy (non-hydrogen) atoms. The fourth-order valence-corrected chi connectivity index (χ4v) is 2.90. The van der Waals surface area contributed by atoms with Crippen molar-refractivity contribution < 1.29 is 4.79 Å². The summed E-state index contributed by atoms with van der Waals surface area (Å²) in [5, 5.41) is 0. The van der Waals surface area contributed by atoms with Gasteiger partial charge in [0.05, 0.1) is 8.07 Å². The van der Waals surface area contributed by atoms with E-state index >= 15 is 0 Å². The molecule has 0 bridgehead atoms. The number of allylic oxidation sites excluding steroid dienone is 1. The van der Waals surface area contributed by atoms with Crippen LogP contribution >= 0.6 is 0 Å². The van der Waals surface area contributed by atoms with Crippen molar-refractivity contribution in [3.05, 3.63) is 11.8 Å².